The summed E-state index contributed by atoms with van der Waals surface area (Å²) in [4.78, 5) is 35.0. The first kappa shape index (κ1) is 19.6. The van der Waals surface area contributed by atoms with Gasteiger partial charge >= 0.3 is 0 Å². The Morgan fingerprint density at radius 1 is 1.00 bits per heavy atom. The maximum absolute atomic E-state index is 13.2. The smallest absolute Gasteiger partial charge is 0.289 e. The molecule has 7 heteroatoms. The highest BCUT2D eigenvalue weighted by atomic mass is 16.2. The van der Waals surface area contributed by atoms with Gasteiger partial charge in [-0.2, -0.15) is 0 Å². The fourth-order valence-corrected chi connectivity index (χ4v) is 4.22. The number of fused-ring (bicyclic) bond motifs is 1. The van der Waals surface area contributed by atoms with E-state index in [-0.39, 0.29) is 11.8 Å². The number of nitrogens with one attached hydrogen (secondary N) is 1. The highest BCUT2D eigenvalue weighted by molar-refractivity contribution is 6.05. The number of carbonyl (C=O) groups excluding carboxylic acids is 2. The summed E-state index contributed by atoms with van der Waals surface area (Å²) in [5.41, 5.74) is 4.13. The number of likely N-dealkylation sites (N-methyl/N-ethyl adjacent to an activating group) is 1. The van der Waals surface area contributed by atoms with Gasteiger partial charge in [0.15, 0.2) is 11.5 Å². The first-order valence-electron chi connectivity index (χ1n) is 10.4. The summed E-state index contributed by atoms with van der Waals surface area (Å²) in [6, 6.07) is 5.94. The molecule has 4 rings (SSSR count). The molecule has 1 aromatic carbocycles. The predicted molar refractivity (Wildman–Crippen MR) is 112 cm³/mol. The highest BCUT2D eigenvalue weighted by Crippen LogP contribution is 2.25. The molecule has 1 fully saturated rings. The van der Waals surface area contributed by atoms with Gasteiger partial charge in [0.1, 0.15) is 0 Å². The Morgan fingerprint density at radius 3 is 2.38 bits per heavy atom. The maximum atomic E-state index is 13.2. The van der Waals surface area contributed by atoms with Gasteiger partial charge in [-0.3, -0.25) is 9.59 Å². The third kappa shape index (κ3) is 3.79. The lowest BCUT2D eigenvalue weighted by Gasteiger charge is -2.32. The number of anilines is 1. The lowest BCUT2D eigenvalue weighted by molar-refractivity contribution is 0.0645. The van der Waals surface area contributed by atoms with Crippen LogP contribution in [-0.4, -0.2) is 64.4 Å². The average Bonchev–Trinajstić information content (AvgIpc) is 3.11. The summed E-state index contributed by atoms with van der Waals surface area (Å²) in [7, 11) is 2.06. The van der Waals surface area contributed by atoms with Crippen LogP contribution < -0.4 is 5.32 Å². The van der Waals surface area contributed by atoms with Crippen molar-refractivity contribution < 1.29 is 9.59 Å². The second-order valence-electron chi connectivity index (χ2n) is 8.16. The van der Waals surface area contributed by atoms with Crippen molar-refractivity contribution in [2.45, 2.75) is 39.7 Å². The van der Waals surface area contributed by atoms with Crippen LogP contribution in [0.4, 0.5) is 5.69 Å². The van der Waals surface area contributed by atoms with Crippen LogP contribution in [0.3, 0.4) is 0 Å². The third-order valence-corrected chi connectivity index (χ3v) is 6.03. The summed E-state index contributed by atoms with van der Waals surface area (Å²) in [5.74, 6) is 0.119. The molecule has 29 heavy (non-hydrogen) atoms. The molecule has 1 N–H and O–H groups in total. The second kappa shape index (κ2) is 7.99. The first-order valence-corrected chi connectivity index (χ1v) is 10.4. The average molecular weight is 396 g/mol. The molecule has 154 valence electrons. The molecule has 7 nitrogen and oxygen atoms in total. The van der Waals surface area contributed by atoms with Crippen LogP contribution in [0.2, 0.25) is 0 Å². The largest absolute Gasteiger partial charge is 0.333 e. The lowest BCUT2D eigenvalue weighted by Crippen LogP contribution is -2.47. The van der Waals surface area contributed by atoms with E-state index in [1.54, 1.807) is 0 Å². The van der Waals surface area contributed by atoms with Crippen molar-refractivity contribution in [3.63, 3.8) is 0 Å². The molecule has 2 aliphatic rings. The minimum atomic E-state index is -0.231. The molecule has 2 aromatic rings. The minimum Gasteiger partial charge on any atom is -0.333 e. The topological polar surface area (TPSA) is 70.5 Å². The molecule has 2 amide bonds. The zero-order valence-electron chi connectivity index (χ0n) is 17.5. The fourth-order valence-electron chi connectivity index (χ4n) is 4.22. The quantitative estimate of drug-likeness (QED) is 0.867. The monoisotopic (exact) mass is 395 g/mol. The van der Waals surface area contributed by atoms with Crippen molar-refractivity contribution in [1.82, 2.24) is 19.4 Å². The molecule has 0 unspecified atom stereocenters. The van der Waals surface area contributed by atoms with Crippen molar-refractivity contribution in [1.29, 1.82) is 0 Å². The molecule has 1 aromatic heterocycles. The number of hydrogen-bond acceptors (Lipinski definition) is 4. The molecule has 0 radical (unpaired) electrons. The Labute approximate surface area is 171 Å². The van der Waals surface area contributed by atoms with E-state index in [0.29, 0.717) is 24.6 Å². The van der Waals surface area contributed by atoms with Crippen LogP contribution in [0.25, 0.3) is 0 Å². The summed E-state index contributed by atoms with van der Waals surface area (Å²) >= 11 is 0. The number of hydrogen-bond donors (Lipinski definition) is 1. The van der Waals surface area contributed by atoms with E-state index >= 15 is 0 Å². The van der Waals surface area contributed by atoms with Crippen molar-refractivity contribution in [2.24, 2.45) is 0 Å². The van der Waals surface area contributed by atoms with Gasteiger partial charge in [-0.05, 0) is 51.3 Å². The number of aromatic nitrogens is 2. The van der Waals surface area contributed by atoms with Crippen LogP contribution in [0.15, 0.2) is 18.2 Å². The molecular weight excluding hydrogens is 366 g/mol. The predicted octanol–water partition coefficient (Wildman–Crippen LogP) is 2.48. The van der Waals surface area contributed by atoms with Gasteiger partial charge in [-0.15, -0.1) is 0 Å². The summed E-state index contributed by atoms with van der Waals surface area (Å²) in [6.07, 6.45) is 2.79. The molecule has 0 aliphatic carbocycles. The number of aryl methyl sites for hydroxylation is 2. The molecule has 0 spiro atoms. The third-order valence-electron chi connectivity index (χ3n) is 6.03. The van der Waals surface area contributed by atoms with E-state index in [1.807, 2.05) is 41.5 Å². The summed E-state index contributed by atoms with van der Waals surface area (Å²) in [6.45, 7) is 7.82. The standard InChI is InChI=1S/C22H29N5O2/c1-15-7-6-8-16(2)18(15)24-21(28)19-17-9-4-5-10-27(17)20(23-19)22(29)26-13-11-25(3)12-14-26/h6-8H,4-5,9-14H2,1-3H3,(H,24,28). The van der Waals surface area contributed by atoms with Crippen LogP contribution in [-0.2, 0) is 13.0 Å². The van der Waals surface area contributed by atoms with Crippen molar-refractivity contribution in [2.75, 3.05) is 38.5 Å². The summed E-state index contributed by atoms with van der Waals surface area (Å²) < 4.78 is 1.98. The van der Waals surface area contributed by atoms with Gasteiger partial charge in [0.2, 0.25) is 0 Å². The van der Waals surface area contributed by atoms with E-state index in [9.17, 15) is 9.59 Å². The minimum absolute atomic E-state index is 0.0626. The number of nitrogens with zero attached hydrogens (tertiary/aromatic N) is 4. The Bertz CT molecular complexity index is 921. The van der Waals surface area contributed by atoms with Crippen molar-refractivity contribution >= 4 is 17.5 Å². The Morgan fingerprint density at radius 2 is 1.69 bits per heavy atom. The van der Waals surface area contributed by atoms with Crippen LogP contribution >= 0.6 is 0 Å². The van der Waals surface area contributed by atoms with E-state index in [4.69, 9.17) is 0 Å². The van der Waals surface area contributed by atoms with E-state index < -0.39 is 0 Å². The Balaban J connectivity index is 1.64. The van der Waals surface area contributed by atoms with Crippen molar-refractivity contribution in [3.05, 3.63) is 46.5 Å². The fraction of sp³-hybridized carbons (Fsp3) is 0.500. The second-order valence-corrected chi connectivity index (χ2v) is 8.16. The summed E-state index contributed by atoms with van der Waals surface area (Å²) in [5, 5.41) is 3.04. The zero-order valence-corrected chi connectivity index (χ0v) is 17.5. The highest BCUT2D eigenvalue weighted by Gasteiger charge is 2.31. The van der Waals surface area contributed by atoms with Gasteiger partial charge in [-0.1, -0.05) is 18.2 Å². The van der Waals surface area contributed by atoms with E-state index in [1.165, 1.54) is 0 Å². The van der Waals surface area contributed by atoms with Gasteiger partial charge in [0.25, 0.3) is 11.8 Å². The number of amides is 2. The van der Waals surface area contributed by atoms with Gasteiger partial charge < -0.3 is 19.7 Å². The van der Waals surface area contributed by atoms with Crippen LogP contribution in [0.5, 0.6) is 0 Å². The van der Waals surface area contributed by atoms with Gasteiger partial charge in [0.05, 0.1) is 5.69 Å². The zero-order chi connectivity index (χ0) is 20.5. The van der Waals surface area contributed by atoms with Gasteiger partial charge in [-0.25, -0.2) is 4.98 Å². The van der Waals surface area contributed by atoms with Crippen LogP contribution in [0, 0.1) is 13.8 Å². The molecule has 0 bridgehead atoms. The maximum Gasteiger partial charge on any atom is 0.289 e. The van der Waals surface area contributed by atoms with E-state index in [2.05, 4.69) is 22.2 Å². The normalized spacial score (nSPS) is 17.1. The molecule has 1 saturated heterocycles. The van der Waals surface area contributed by atoms with Crippen molar-refractivity contribution in [3.8, 4) is 0 Å². The number of rotatable bonds is 3. The number of piperazine rings is 1. The van der Waals surface area contributed by atoms with E-state index in [0.717, 1.165) is 61.4 Å². The first-order chi connectivity index (χ1) is 14.0. The lowest BCUT2D eigenvalue weighted by atomic mass is 10.1. The molecule has 0 saturated carbocycles. The molecule has 2 aliphatic heterocycles. The SMILES string of the molecule is Cc1cccc(C)c1NC(=O)c1nc(C(=O)N2CCN(C)CC2)n2c1CCCC2. The van der Waals surface area contributed by atoms with Gasteiger partial charge in [0, 0.05) is 38.4 Å². The number of benzene rings is 1. The number of para-hydroxylation sites is 1. The number of imidazole rings is 1. The Hall–Kier alpha value is -2.67. The molecule has 0 atom stereocenters. The molecule has 3 heterocycles. The molecular formula is C22H29N5O2. The van der Waals surface area contributed by atoms with Crippen LogP contribution in [0.1, 0.15) is 50.8 Å². The Kier molecular flexibility index (Phi) is 5.41. The number of carbonyl (C=O) groups is 2.